The van der Waals surface area contributed by atoms with Gasteiger partial charge in [0.25, 0.3) is 0 Å². The number of hydrogen-bond donors (Lipinski definition) is 2. The van der Waals surface area contributed by atoms with Gasteiger partial charge < -0.3 is 10.3 Å². The van der Waals surface area contributed by atoms with Crippen molar-refractivity contribution >= 4 is 29.3 Å². The molecule has 1 amide bonds. The zero-order valence-corrected chi connectivity index (χ0v) is 10.8. The van der Waals surface area contributed by atoms with E-state index in [1.807, 2.05) is 20.8 Å². The molecule has 2 N–H and O–H groups in total. The van der Waals surface area contributed by atoms with Crippen molar-refractivity contribution in [2.45, 2.75) is 26.3 Å². The molecule has 2 aromatic rings. The number of hydrogen-bond acceptors (Lipinski definition) is 3. The van der Waals surface area contributed by atoms with Crippen molar-refractivity contribution in [3.05, 3.63) is 23.2 Å². The van der Waals surface area contributed by atoms with Gasteiger partial charge in [-0.05, 0) is 26.8 Å². The standard InChI is InChI=1S/C11H14N4OS/c1-11(2,3)14-10(16)15-5-4-7-8(15)12-6-13-9(7)17/h4-6H,1-3H3,(H,14,16)(H,12,13,17). The maximum atomic E-state index is 12.0. The highest BCUT2D eigenvalue weighted by atomic mass is 32.1. The normalized spacial score (nSPS) is 11.7. The Hall–Kier alpha value is -1.69. The topological polar surface area (TPSA) is 62.7 Å². The minimum absolute atomic E-state index is 0.190. The molecule has 0 aromatic carbocycles. The third kappa shape index (κ3) is 2.36. The summed E-state index contributed by atoms with van der Waals surface area (Å²) in [5, 5.41) is 3.65. The molecule has 0 aliphatic heterocycles. The molecule has 0 radical (unpaired) electrons. The van der Waals surface area contributed by atoms with Crippen LogP contribution in [0.2, 0.25) is 0 Å². The minimum Gasteiger partial charge on any atom is -0.333 e. The number of H-pyrrole nitrogens is 1. The summed E-state index contributed by atoms with van der Waals surface area (Å²) in [5.41, 5.74) is 0.379. The minimum atomic E-state index is -0.280. The number of amides is 1. The van der Waals surface area contributed by atoms with E-state index in [4.69, 9.17) is 12.2 Å². The van der Waals surface area contributed by atoms with Gasteiger partial charge in [-0.2, -0.15) is 0 Å². The smallest absolute Gasteiger partial charge is 0.327 e. The molecular weight excluding hydrogens is 236 g/mol. The summed E-state index contributed by atoms with van der Waals surface area (Å²) in [4.78, 5) is 18.9. The van der Waals surface area contributed by atoms with Gasteiger partial charge in [0.05, 0.1) is 11.7 Å². The number of nitrogens with one attached hydrogen (secondary N) is 2. The molecule has 0 fully saturated rings. The van der Waals surface area contributed by atoms with E-state index in [-0.39, 0.29) is 11.6 Å². The van der Waals surface area contributed by atoms with E-state index >= 15 is 0 Å². The van der Waals surface area contributed by atoms with E-state index in [9.17, 15) is 4.79 Å². The number of carbonyl (C=O) groups is 1. The Kier molecular flexibility index (Phi) is 2.74. The SMILES string of the molecule is CC(C)(C)NC(=O)n1ccc2c(=S)nc[nH]c21. The molecule has 2 heterocycles. The van der Waals surface area contributed by atoms with Gasteiger partial charge in [0.2, 0.25) is 0 Å². The Morgan fingerprint density at radius 1 is 1.53 bits per heavy atom. The van der Waals surface area contributed by atoms with Gasteiger partial charge in [-0.3, -0.25) is 4.57 Å². The largest absolute Gasteiger partial charge is 0.333 e. The van der Waals surface area contributed by atoms with Crippen molar-refractivity contribution in [2.75, 3.05) is 0 Å². The molecule has 0 saturated heterocycles. The summed E-state index contributed by atoms with van der Waals surface area (Å²) in [6.07, 6.45) is 3.17. The first-order chi connectivity index (χ1) is 7.88. The summed E-state index contributed by atoms with van der Waals surface area (Å²) < 4.78 is 1.99. The molecule has 5 nitrogen and oxygen atoms in total. The number of aromatic amines is 1. The lowest BCUT2D eigenvalue weighted by molar-refractivity contribution is 0.234. The molecule has 90 valence electrons. The second-order valence-corrected chi connectivity index (χ2v) is 5.22. The first-order valence-electron chi connectivity index (χ1n) is 5.26. The highest BCUT2D eigenvalue weighted by Gasteiger charge is 2.16. The van der Waals surface area contributed by atoms with Crippen molar-refractivity contribution in [2.24, 2.45) is 0 Å². The molecule has 2 rings (SSSR count). The van der Waals surface area contributed by atoms with Crippen LogP contribution in [-0.2, 0) is 0 Å². The third-order valence-corrected chi connectivity index (χ3v) is 2.53. The molecule has 0 aliphatic carbocycles. The van der Waals surface area contributed by atoms with Gasteiger partial charge >= 0.3 is 6.03 Å². The fourth-order valence-electron chi connectivity index (χ4n) is 1.52. The lowest BCUT2D eigenvalue weighted by atomic mass is 10.1. The van der Waals surface area contributed by atoms with Crippen LogP contribution in [0.1, 0.15) is 20.8 Å². The first kappa shape index (κ1) is 11.8. The summed E-state index contributed by atoms with van der Waals surface area (Å²) in [7, 11) is 0. The zero-order chi connectivity index (χ0) is 12.6. The Labute approximate surface area is 104 Å². The Balaban J connectivity index is 2.47. The first-order valence-corrected chi connectivity index (χ1v) is 5.66. The predicted octanol–water partition coefficient (Wildman–Crippen LogP) is 2.45. The van der Waals surface area contributed by atoms with Gasteiger partial charge in [-0.25, -0.2) is 9.78 Å². The highest BCUT2D eigenvalue weighted by Crippen LogP contribution is 2.13. The zero-order valence-electron chi connectivity index (χ0n) is 9.94. The molecule has 0 saturated carbocycles. The molecule has 6 heteroatoms. The van der Waals surface area contributed by atoms with Crippen LogP contribution in [0.4, 0.5) is 4.79 Å². The number of fused-ring (bicyclic) bond motifs is 1. The average Bonchev–Trinajstić information content (AvgIpc) is 2.60. The van der Waals surface area contributed by atoms with Crippen molar-refractivity contribution in [3.8, 4) is 0 Å². The number of carbonyl (C=O) groups excluding carboxylic acids is 1. The van der Waals surface area contributed by atoms with Crippen molar-refractivity contribution in [1.29, 1.82) is 0 Å². The number of rotatable bonds is 0. The Morgan fingerprint density at radius 2 is 2.24 bits per heavy atom. The molecular formula is C11H14N4OS. The van der Waals surface area contributed by atoms with Gasteiger partial charge in [0, 0.05) is 11.7 Å². The second-order valence-electron chi connectivity index (χ2n) is 4.84. The van der Waals surface area contributed by atoms with E-state index < -0.39 is 0 Å². The van der Waals surface area contributed by atoms with Gasteiger partial charge in [-0.1, -0.05) is 12.2 Å². The third-order valence-electron chi connectivity index (χ3n) is 2.20. The van der Waals surface area contributed by atoms with Crippen LogP contribution in [0.15, 0.2) is 18.6 Å². The predicted molar refractivity (Wildman–Crippen MR) is 68.6 cm³/mol. The highest BCUT2D eigenvalue weighted by molar-refractivity contribution is 7.71. The summed E-state index contributed by atoms with van der Waals surface area (Å²) in [6, 6.07) is 1.59. The maximum absolute atomic E-state index is 12.0. The monoisotopic (exact) mass is 250 g/mol. The van der Waals surface area contributed by atoms with Crippen molar-refractivity contribution in [3.63, 3.8) is 0 Å². The molecule has 2 aromatic heterocycles. The second kappa shape index (κ2) is 3.96. The maximum Gasteiger partial charge on any atom is 0.327 e. The van der Waals surface area contributed by atoms with Crippen molar-refractivity contribution < 1.29 is 4.79 Å². The molecule has 0 bridgehead atoms. The number of nitrogens with zero attached hydrogens (tertiary/aromatic N) is 2. The van der Waals surface area contributed by atoms with Crippen LogP contribution >= 0.6 is 12.2 Å². The molecule has 0 aliphatic rings. The van der Waals surface area contributed by atoms with Crippen LogP contribution in [0.3, 0.4) is 0 Å². The lowest BCUT2D eigenvalue weighted by Gasteiger charge is -2.20. The van der Waals surface area contributed by atoms with Gasteiger partial charge in [0.1, 0.15) is 10.3 Å². The van der Waals surface area contributed by atoms with Crippen LogP contribution < -0.4 is 5.32 Å². The van der Waals surface area contributed by atoms with Crippen LogP contribution in [0.5, 0.6) is 0 Å². The van der Waals surface area contributed by atoms with Gasteiger partial charge in [0.15, 0.2) is 0 Å². The van der Waals surface area contributed by atoms with E-state index in [1.165, 1.54) is 10.9 Å². The van der Waals surface area contributed by atoms with Crippen molar-refractivity contribution in [1.82, 2.24) is 19.9 Å². The Morgan fingerprint density at radius 3 is 2.88 bits per heavy atom. The summed E-state index contributed by atoms with van der Waals surface area (Å²) in [6.45, 7) is 5.79. The van der Waals surface area contributed by atoms with Gasteiger partial charge in [-0.15, -0.1) is 0 Å². The fraction of sp³-hybridized carbons (Fsp3) is 0.364. The summed E-state index contributed by atoms with van der Waals surface area (Å²) in [5.74, 6) is 0. The van der Waals surface area contributed by atoms with Crippen LogP contribution in [-0.4, -0.2) is 26.1 Å². The quantitative estimate of drug-likeness (QED) is 0.706. The number of aromatic nitrogens is 3. The molecule has 17 heavy (non-hydrogen) atoms. The van der Waals surface area contributed by atoms with E-state index in [2.05, 4.69) is 15.3 Å². The molecule has 0 spiro atoms. The lowest BCUT2D eigenvalue weighted by Crippen LogP contribution is -2.42. The van der Waals surface area contributed by atoms with Crippen LogP contribution in [0.25, 0.3) is 11.0 Å². The Bertz CT molecular complexity index is 620. The van der Waals surface area contributed by atoms with Crippen LogP contribution in [0, 0.1) is 4.64 Å². The van der Waals surface area contributed by atoms with E-state index in [0.29, 0.717) is 10.3 Å². The van der Waals surface area contributed by atoms with E-state index in [1.54, 1.807) is 12.3 Å². The molecule has 0 unspecified atom stereocenters. The van der Waals surface area contributed by atoms with E-state index in [0.717, 1.165) is 5.39 Å². The summed E-state index contributed by atoms with van der Waals surface area (Å²) >= 11 is 5.09. The fourth-order valence-corrected chi connectivity index (χ4v) is 1.74. The average molecular weight is 250 g/mol. The molecule has 0 atom stereocenters.